The van der Waals surface area contributed by atoms with Crippen LogP contribution < -0.4 is 20.1 Å². The average Bonchev–Trinajstić information content (AvgIpc) is 2.66. The van der Waals surface area contributed by atoms with E-state index in [9.17, 15) is 0 Å². The fourth-order valence-corrected chi connectivity index (χ4v) is 3.07. The van der Waals surface area contributed by atoms with E-state index >= 15 is 0 Å². The van der Waals surface area contributed by atoms with Crippen LogP contribution in [0, 0.1) is 5.41 Å². The van der Waals surface area contributed by atoms with Gasteiger partial charge in [-0.3, -0.25) is 4.99 Å². The molecule has 1 aromatic rings. The van der Waals surface area contributed by atoms with E-state index in [1.165, 1.54) is 0 Å². The normalized spacial score (nSPS) is 14.0. The Morgan fingerprint density at radius 3 is 2.17 bits per heavy atom. The highest BCUT2D eigenvalue weighted by molar-refractivity contribution is 14.0. The van der Waals surface area contributed by atoms with Crippen LogP contribution in [0.3, 0.4) is 0 Å². The zero-order valence-electron chi connectivity index (χ0n) is 20.0. The predicted molar refractivity (Wildman–Crippen MR) is 136 cm³/mol. The van der Waals surface area contributed by atoms with Crippen LogP contribution in [0.4, 0.5) is 0 Å². The molecule has 0 aliphatic carbocycles. The smallest absolute Gasteiger partial charge is 0.191 e. The van der Waals surface area contributed by atoms with Gasteiger partial charge in [-0.25, -0.2) is 0 Å². The van der Waals surface area contributed by atoms with Crippen molar-refractivity contribution < 1.29 is 14.2 Å². The van der Waals surface area contributed by atoms with Gasteiger partial charge in [-0.2, -0.15) is 0 Å². The monoisotopic (exact) mass is 536 g/mol. The molecule has 174 valence electrons. The lowest BCUT2D eigenvalue weighted by Gasteiger charge is -2.29. The maximum absolute atomic E-state index is 5.63. The summed E-state index contributed by atoms with van der Waals surface area (Å²) in [5.41, 5.74) is 1.17. The van der Waals surface area contributed by atoms with Crippen molar-refractivity contribution >= 4 is 29.9 Å². The SMILES string of the molecule is CCNC(=NCC(OC)C(C)(C)C)NCC(c1ccc(OC)c(OC)c1)N(C)C.I. The van der Waals surface area contributed by atoms with Crippen molar-refractivity contribution in [1.29, 1.82) is 0 Å². The predicted octanol–water partition coefficient (Wildman–Crippen LogP) is 3.54. The molecule has 0 bridgehead atoms. The largest absolute Gasteiger partial charge is 0.493 e. The third-order valence-electron chi connectivity index (χ3n) is 4.89. The number of benzene rings is 1. The van der Waals surface area contributed by atoms with Crippen LogP contribution in [0.15, 0.2) is 23.2 Å². The standard InChI is InChI=1S/C22H40N4O3.HI/c1-10-23-21(25-15-20(29-9)22(2,3)4)24-14-17(26(5)6)16-11-12-18(27-7)19(13-16)28-8;/h11-13,17,20H,10,14-15H2,1-9H3,(H2,23,24,25);1H. The van der Waals surface area contributed by atoms with E-state index in [4.69, 9.17) is 19.2 Å². The molecule has 0 saturated carbocycles. The van der Waals surface area contributed by atoms with Crippen molar-refractivity contribution in [2.45, 2.75) is 39.8 Å². The van der Waals surface area contributed by atoms with Crippen molar-refractivity contribution in [3.8, 4) is 11.5 Å². The Labute approximate surface area is 200 Å². The van der Waals surface area contributed by atoms with E-state index in [1.54, 1.807) is 21.3 Å². The molecule has 2 N–H and O–H groups in total. The Kier molecular flexibility index (Phi) is 13.3. The van der Waals surface area contributed by atoms with Gasteiger partial charge in [-0.05, 0) is 44.1 Å². The molecule has 1 aromatic carbocycles. The maximum Gasteiger partial charge on any atom is 0.191 e. The van der Waals surface area contributed by atoms with E-state index in [-0.39, 0.29) is 41.5 Å². The highest BCUT2D eigenvalue weighted by Gasteiger charge is 2.24. The third-order valence-corrected chi connectivity index (χ3v) is 4.89. The zero-order chi connectivity index (χ0) is 22.0. The molecule has 1 rings (SSSR count). The Morgan fingerprint density at radius 2 is 1.70 bits per heavy atom. The van der Waals surface area contributed by atoms with Gasteiger partial charge in [0, 0.05) is 20.2 Å². The van der Waals surface area contributed by atoms with Crippen molar-refractivity contribution in [2.75, 3.05) is 55.1 Å². The summed E-state index contributed by atoms with van der Waals surface area (Å²) in [6.07, 6.45) is 0.0495. The highest BCUT2D eigenvalue weighted by atomic mass is 127. The first kappa shape index (κ1) is 28.7. The lowest BCUT2D eigenvalue weighted by Crippen LogP contribution is -2.42. The summed E-state index contributed by atoms with van der Waals surface area (Å²) in [6, 6.07) is 6.17. The molecule has 30 heavy (non-hydrogen) atoms. The van der Waals surface area contributed by atoms with Crippen LogP contribution in [-0.4, -0.2) is 72.0 Å². The molecule has 0 saturated heterocycles. The number of guanidine groups is 1. The zero-order valence-corrected chi connectivity index (χ0v) is 22.4. The number of aliphatic imine (C=N–C) groups is 1. The van der Waals surface area contributed by atoms with Gasteiger partial charge >= 0.3 is 0 Å². The van der Waals surface area contributed by atoms with Crippen LogP contribution in [0.25, 0.3) is 0 Å². The molecular formula is C22H41IN4O3. The first-order valence-electron chi connectivity index (χ1n) is 10.1. The molecular weight excluding hydrogens is 495 g/mol. The summed E-state index contributed by atoms with van der Waals surface area (Å²) in [5, 5.41) is 6.79. The number of rotatable bonds is 10. The summed E-state index contributed by atoms with van der Waals surface area (Å²) < 4.78 is 16.5. The molecule has 0 heterocycles. The van der Waals surface area contributed by atoms with Crippen molar-refractivity contribution in [2.24, 2.45) is 10.4 Å². The van der Waals surface area contributed by atoms with Gasteiger partial charge in [0.2, 0.25) is 0 Å². The molecule has 0 fully saturated rings. The van der Waals surface area contributed by atoms with Gasteiger partial charge in [0.25, 0.3) is 0 Å². The van der Waals surface area contributed by atoms with E-state index in [0.29, 0.717) is 13.1 Å². The first-order valence-corrected chi connectivity index (χ1v) is 10.1. The van der Waals surface area contributed by atoms with E-state index < -0.39 is 0 Å². The summed E-state index contributed by atoms with van der Waals surface area (Å²) in [7, 11) is 9.17. The third kappa shape index (κ3) is 8.85. The van der Waals surface area contributed by atoms with Crippen LogP contribution >= 0.6 is 24.0 Å². The van der Waals surface area contributed by atoms with Gasteiger partial charge < -0.3 is 29.7 Å². The summed E-state index contributed by atoms with van der Waals surface area (Å²) in [4.78, 5) is 6.91. The van der Waals surface area contributed by atoms with Crippen molar-refractivity contribution in [1.82, 2.24) is 15.5 Å². The quantitative estimate of drug-likeness (QED) is 0.271. The number of hydrogen-bond acceptors (Lipinski definition) is 5. The van der Waals surface area contributed by atoms with Crippen LogP contribution in [0.5, 0.6) is 11.5 Å². The molecule has 0 aliphatic rings. The van der Waals surface area contributed by atoms with E-state index in [2.05, 4.69) is 63.4 Å². The average molecular weight is 536 g/mol. The fraction of sp³-hybridized carbons (Fsp3) is 0.682. The molecule has 8 heteroatoms. The number of likely N-dealkylation sites (N-methyl/N-ethyl adjacent to an activating group) is 1. The van der Waals surface area contributed by atoms with Gasteiger partial charge in [0.15, 0.2) is 17.5 Å². The Hall–Kier alpha value is -1.26. The van der Waals surface area contributed by atoms with E-state index in [0.717, 1.165) is 29.6 Å². The van der Waals surface area contributed by atoms with Crippen molar-refractivity contribution in [3.05, 3.63) is 23.8 Å². The Bertz CT molecular complexity index is 648. The second-order valence-corrected chi connectivity index (χ2v) is 8.28. The van der Waals surface area contributed by atoms with Crippen LogP contribution in [-0.2, 0) is 4.74 Å². The number of methoxy groups -OCH3 is 3. The number of ether oxygens (including phenoxy) is 3. The summed E-state index contributed by atoms with van der Waals surface area (Å²) in [6.45, 7) is 10.6. The molecule has 0 aliphatic heterocycles. The highest BCUT2D eigenvalue weighted by Crippen LogP contribution is 2.31. The summed E-state index contributed by atoms with van der Waals surface area (Å²) in [5.74, 6) is 2.24. The maximum atomic E-state index is 5.63. The summed E-state index contributed by atoms with van der Waals surface area (Å²) >= 11 is 0. The topological polar surface area (TPSA) is 67.4 Å². The number of nitrogens with one attached hydrogen (secondary N) is 2. The molecule has 7 nitrogen and oxygen atoms in total. The molecule has 0 radical (unpaired) electrons. The van der Waals surface area contributed by atoms with Gasteiger partial charge in [-0.1, -0.05) is 26.8 Å². The fourth-order valence-electron chi connectivity index (χ4n) is 3.07. The molecule has 2 atom stereocenters. The number of halogens is 1. The van der Waals surface area contributed by atoms with Gasteiger partial charge in [0.05, 0.1) is 32.9 Å². The van der Waals surface area contributed by atoms with E-state index in [1.807, 2.05) is 12.1 Å². The Balaban J connectivity index is 0.00000841. The minimum atomic E-state index is 0. The second-order valence-electron chi connectivity index (χ2n) is 8.28. The number of nitrogens with zero attached hydrogens (tertiary/aromatic N) is 2. The van der Waals surface area contributed by atoms with Gasteiger partial charge in [0.1, 0.15) is 0 Å². The minimum Gasteiger partial charge on any atom is -0.493 e. The molecule has 0 spiro atoms. The van der Waals surface area contributed by atoms with Crippen molar-refractivity contribution in [3.63, 3.8) is 0 Å². The number of hydrogen-bond donors (Lipinski definition) is 2. The second kappa shape index (κ2) is 13.9. The molecule has 2 unspecified atom stereocenters. The van der Waals surface area contributed by atoms with Crippen LogP contribution in [0.1, 0.15) is 39.3 Å². The molecule has 0 amide bonds. The first-order chi connectivity index (χ1) is 13.7. The lowest BCUT2D eigenvalue weighted by molar-refractivity contribution is 0.0241. The van der Waals surface area contributed by atoms with Crippen LogP contribution in [0.2, 0.25) is 0 Å². The van der Waals surface area contributed by atoms with Gasteiger partial charge in [-0.15, -0.1) is 24.0 Å². The molecule has 0 aromatic heterocycles. The minimum absolute atomic E-state index is 0. The Morgan fingerprint density at radius 1 is 1.07 bits per heavy atom. The lowest BCUT2D eigenvalue weighted by atomic mass is 9.89.